The molecule has 124 valence electrons. The predicted octanol–water partition coefficient (Wildman–Crippen LogP) is 4.82. The van der Waals surface area contributed by atoms with Crippen LogP contribution in [0.25, 0.3) is 0 Å². The molecule has 0 saturated carbocycles. The van der Waals surface area contributed by atoms with E-state index in [4.69, 9.17) is 5.73 Å². The van der Waals surface area contributed by atoms with E-state index in [0.717, 1.165) is 16.3 Å². The molecule has 1 aliphatic heterocycles. The maximum atomic E-state index is 14.2. The van der Waals surface area contributed by atoms with E-state index in [2.05, 4.69) is 53.7 Å². The second-order valence-electron chi connectivity index (χ2n) is 7.61. The van der Waals surface area contributed by atoms with Gasteiger partial charge < -0.3 is 10.3 Å². The number of fused-ring (bicyclic) bond motifs is 2. The summed E-state index contributed by atoms with van der Waals surface area (Å²) in [7, 11) is -2.72. The molecule has 1 atom stereocenters. The van der Waals surface area contributed by atoms with Gasteiger partial charge in [-0.1, -0.05) is 65.8 Å². The molecule has 1 unspecified atom stereocenters. The van der Waals surface area contributed by atoms with Gasteiger partial charge in [0.1, 0.15) is 7.14 Å². The molecule has 2 heterocycles. The van der Waals surface area contributed by atoms with Crippen LogP contribution in [-0.2, 0) is 9.98 Å². The van der Waals surface area contributed by atoms with Gasteiger partial charge in [-0.3, -0.25) is 0 Å². The van der Waals surface area contributed by atoms with Crippen LogP contribution in [0.4, 0.5) is 5.69 Å². The van der Waals surface area contributed by atoms with Gasteiger partial charge >= 0.3 is 0 Å². The van der Waals surface area contributed by atoms with E-state index in [9.17, 15) is 4.57 Å². The van der Waals surface area contributed by atoms with Gasteiger partial charge in [0.25, 0.3) is 0 Å². The van der Waals surface area contributed by atoms with Crippen molar-refractivity contribution < 1.29 is 4.57 Å². The van der Waals surface area contributed by atoms with E-state index >= 15 is 0 Å². The summed E-state index contributed by atoms with van der Waals surface area (Å²) in [5.41, 5.74) is 8.43. The molecular formula is C19H26NOPS. The maximum Gasteiger partial charge on any atom is 0.149 e. The lowest BCUT2D eigenvalue weighted by molar-refractivity contribution is 0.576. The Bertz CT molecular complexity index is 817. The quantitative estimate of drug-likeness (QED) is 0.792. The Morgan fingerprint density at radius 3 is 2.30 bits per heavy atom. The SMILES string of the molecule is CC(C)c1sc2c(c1N)P(=O)(C(C)C)c1ccccc1C2(C)C. The van der Waals surface area contributed by atoms with Crippen LogP contribution in [0.15, 0.2) is 24.3 Å². The number of rotatable bonds is 2. The monoisotopic (exact) mass is 347 g/mol. The molecule has 0 amide bonds. The van der Waals surface area contributed by atoms with Gasteiger partial charge in [-0.25, -0.2) is 0 Å². The number of benzene rings is 1. The van der Waals surface area contributed by atoms with E-state index < -0.39 is 7.14 Å². The van der Waals surface area contributed by atoms with Crippen molar-refractivity contribution in [1.82, 2.24) is 0 Å². The fourth-order valence-corrected chi connectivity index (χ4v) is 8.96. The van der Waals surface area contributed by atoms with E-state index in [-0.39, 0.29) is 11.1 Å². The van der Waals surface area contributed by atoms with E-state index in [1.165, 1.54) is 15.3 Å². The third-order valence-corrected chi connectivity index (χ3v) is 10.7. The summed E-state index contributed by atoms with van der Waals surface area (Å²) in [6, 6.07) is 8.24. The molecule has 0 bridgehead atoms. The minimum Gasteiger partial charge on any atom is -0.397 e. The minimum atomic E-state index is -2.72. The highest BCUT2D eigenvalue weighted by molar-refractivity contribution is 7.80. The second kappa shape index (κ2) is 5.22. The normalized spacial score (nSPS) is 22.3. The Morgan fingerprint density at radius 1 is 1.13 bits per heavy atom. The molecule has 2 N–H and O–H groups in total. The largest absolute Gasteiger partial charge is 0.397 e. The molecule has 0 fully saturated rings. The van der Waals surface area contributed by atoms with Gasteiger partial charge in [0.2, 0.25) is 0 Å². The fraction of sp³-hybridized carbons (Fsp3) is 0.474. The van der Waals surface area contributed by atoms with Crippen LogP contribution in [-0.4, -0.2) is 5.66 Å². The van der Waals surface area contributed by atoms with E-state index in [1.807, 2.05) is 12.1 Å². The van der Waals surface area contributed by atoms with Crippen LogP contribution >= 0.6 is 18.5 Å². The topological polar surface area (TPSA) is 43.1 Å². The molecule has 3 rings (SSSR count). The van der Waals surface area contributed by atoms with Crippen LogP contribution in [0, 0.1) is 0 Å². The van der Waals surface area contributed by atoms with Crippen molar-refractivity contribution in [2.24, 2.45) is 0 Å². The average Bonchev–Trinajstić information content (AvgIpc) is 2.84. The Morgan fingerprint density at radius 2 is 1.74 bits per heavy atom. The summed E-state index contributed by atoms with van der Waals surface area (Å²) in [5.74, 6) is 0.352. The Hall–Kier alpha value is -1.05. The first-order chi connectivity index (χ1) is 10.6. The lowest BCUT2D eigenvalue weighted by atomic mass is 9.82. The molecule has 23 heavy (non-hydrogen) atoms. The maximum absolute atomic E-state index is 14.2. The van der Waals surface area contributed by atoms with Crippen molar-refractivity contribution in [3.8, 4) is 0 Å². The number of nitrogen functional groups attached to an aromatic ring is 1. The molecule has 0 spiro atoms. The molecular weight excluding hydrogens is 321 g/mol. The molecule has 0 radical (unpaired) electrons. The number of anilines is 1. The van der Waals surface area contributed by atoms with Crippen molar-refractivity contribution in [3.05, 3.63) is 39.6 Å². The van der Waals surface area contributed by atoms with Gasteiger partial charge in [-0.15, -0.1) is 11.3 Å². The summed E-state index contributed by atoms with van der Waals surface area (Å²) in [5, 5.41) is 1.96. The Balaban J connectivity index is 2.47. The third-order valence-electron chi connectivity index (χ3n) is 5.03. The Labute approximate surface area is 143 Å². The van der Waals surface area contributed by atoms with Gasteiger partial charge in [0.05, 0.1) is 11.0 Å². The smallest absolute Gasteiger partial charge is 0.149 e. The van der Waals surface area contributed by atoms with E-state index in [0.29, 0.717) is 5.92 Å². The van der Waals surface area contributed by atoms with Crippen molar-refractivity contribution in [3.63, 3.8) is 0 Å². The number of thiophene rings is 1. The van der Waals surface area contributed by atoms with Crippen molar-refractivity contribution >= 4 is 34.8 Å². The summed E-state index contributed by atoms with van der Waals surface area (Å²) in [4.78, 5) is 2.38. The van der Waals surface area contributed by atoms with Crippen LogP contribution in [0.1, 0.15) is 62.8 Å². The van der Waals surface area contributed by atoms with Crippen molar-refractivity contribution in [2.75, 3.05) is 5.73 Å². The Kier molecular flexibility index (Phi) is 3.82. The van der Waals surface area contributed by atoms with Crippen molar-refractivity contribution in [1.29, 1.82) is 0 Å². The first-order valence-electron chi connectivity index (χ1n) is 8.26. The summed E-state index contributed by atoms with van der Waals surface area (Å²) in [6.45, 7) is 12.9. The molecule has 1 aliphatic rings. The number of hydrogen-bond donors (Lipinski definition) is 1. The van der Waals surface area contributed by atoms with Gasteiger partial charge in [-0.05, 0) is 11.5 Å². The molecule has 2 nitrogen and oxygen atoms in total. The van der Waals surface area contributed by atoms with E-state index in [1.54, 1.807) is 11.3 Å². The summed E-state index contributed by atoms with van der Waals surface area (Å²) < 4.78 is 14.2. The van der Waals surface area contributed by atoms with Crippen LogP contribution in [0.5, 0.6) is 0 Å². The third kappa shape index (κ3) is 2.09. The first kappa shape index (κ1) is 16.8. The highest BCUT2D eigenvalue weighted by Gasteiger charge is 2.48. The van der Waals surface area contributed by atoms with Crippen LogP contribution in [0.2, 0.25) is 0 Å². The van der Waals surface area contributed by atoms with Gasteiger partial charge in [0, 0.05) is 26.1 Å². The molecule has 1 aromatic heterocycles. The second-order valence-corrected chi connectivity index (χ2v) is 11.9. The molecule has 4 heteroatoms. The van der Waals surface area contributed by atoms with Crippen LogP contribution in [0.3, 0.4) is 0 Å². The minimum absolute atomic E-state index is 0.0513. The molecule has 0 aliphatic carbocycles. The van der Waals surface area contributed by atoms with Gasteiger partial charge in [-0.2, -0.15) is 0 Å². The number of hydrogen-bond acceptors (Lipinski definition) is 3. The lowest BCUT2D eigenvalue weighted by Crippen LogP contribution is -2.40. The lowest BCUT2D eigenvalue weighted by Gasteiger charge is -2.38. The summed E-state index contributed by atoms with van der Waals surface area (Å²) >= 11 is 1.76. The molecule has 0 saturated heterocycles. The average molecular weight is 347 g/mol. The standard InChI is InChI=1S/C19H26NOPS/c1-11(2)17-15(20)16-18(23-17)19(5,6)13-9-7-8-10-14(13)22(16,21)12(3)4/h7-12H,20H2,1-6H3. The molecule has 2 aromatic rings. The predicted molar refractivity (Wildman–Crippen MR) is 103 cm³/mol. The first-order valence-corrected chi connectivity index (χ1v) is 10.9. The van der Waals surface area contributed by atoms with Gasteiger partial charge in [0.15, 0.2) is 0 Å². The molecule has 1 aromatic carbocycles. The zero-order chi connectivity index (χ0) is 17.2. The number of nitrogens with two attached hydrogens (primary N) is 1. The zero-order valence-corrected chi connectivity index (χ0v) is 16.5. The highest BCUT2D eigenvalue weighted by Crippen LogP contribution is 2.60. The highest BCUT2D eigenvalue weighted by atomic mass is 32.1. The van der Waals surface area contributed by atoms with Crippen molar-refractivity contribution in [2.45, 2.75) is 58.5 Å². The summed E-state index contributed by atoms with van der Waals surface area (Å²) in [6.07, 6.45) is 0. The fourth-order valence-electron chi connectivity index (χ4n) is 3.71. The van der Waals surface area contributed by atoms with Crippen LogP contribution < -0.4 is 16.3 Å². The zero-order valence-electron chi connectivity index (χ0n) is 14.8.